The number of aliphatic imine (C=N–C) groups is 1. The smallest absolute Gasteiger partial charge is 0.191 e. The Kier molecular flexibility index (Phi) is 12.2. The maximum Gasteiger partial charge on any atom is 0.191 e. The molecule has 2 N–H and O–H groups in total. The molecule has 3 fully saturated rings. The lowest BCUT2D eigenvalue weighted by atomic mass is 9.80. The van der Waals surface area contributed by atoms with E-state index in [1.807, 2.05) is 0 Å². The van der Waals surface area contributed by atoms with Crippen LogP contribution in [0.15, 0.2) is 4.99 Å². The summed E-state index contributed by atoms with van der Waals surface area (Å²) >= 11 is 0. The van der Waals surface area contributed by atoms with E-state index in [1.54, 1.807) is 7.11 Å². The molecule has 2 saturated heterocycles. The zero-order valence-electron chi connectivity index (χ0n) is 19.2. The first-order valence-electron chi connectivity index (χ1n) is 11.9. The summed E-state index contributed by atoms with van der Waals surface area (Å²) in [7, 11) is 1.79. The zero-order chi connectivity index (χ0) is 20.4. The van der Waals surface area contributed by atoms with Gasteiger partial charge in [0.15, 0.2) is 5.96 Å². The quantitative estimate of drug-likeness (QED) is 0.268. The molecule has 3 rings (SSSR count). The molecule has 0 bridgehead atoms. The Morgan fingerprint density at radius 1 is 1.10 bits per heavy atom. The van der Waals surface area contributed by atoms with Gasteiger partial charge in [-0.05, 0) is 39.2 Å². The summed E-state index contributed by atoms with van der Waals surface area (Å²) in [5, 5.41) is 7.12. The summed E-state index contributed by atoms with van der Waals surface area (Å²) in [6, 6.07) is 0.580. The highest BCUT2D eigenvalue weighted by atomic mass is 127. The number of guanidine groups is 1. The molecule has 1 aliphatic carbocycles. The molecule has 0 aromatic heterocycles. The van der Waals surface area contributed by atoms with Gasteiger partial charge in [0.1, 0.15) is 0 Å². The van der Waals surface area contributed by atoms with Gasteiger partial charge >= 0.3 is 0 Å². The molecule has 1 unspecified atom stereocenters. The first-order valence-corrected chi connectivity index (χ1v) is 11.9. The van der Waals surface area contributed by atoms with Crippen molar-refractivity contribution < 1.29 is 9.47 Å². The largest absolute Gasteiger partial charge is 0.383 e. The Bertz CT molecular complexity index is 496. The van der Waals surface area contributed by atoms with Crippen LogP contribution in [0, 0.1) is 0 Å². The molecule has 1 atom stereocenters. The third-order valence-corrected chi connectivity index (χ3v) is 6.93. The number of morpholine rings is 1. The summed E-state index contributed by atoms with van der Waals surface area (Å²) in [5.41, 5.74) is 0.224. The van der Waals surface area contributed by atoms with Crippen molar-refractivity contribution in [3.8, 4) is 0 Å². The summed E-state index contributed by atoms with van der Waals surface area (Å²) in [6.07, 6.45) is 9.10. The van der Waals surface area contributed by atoms with E-state index in [9.17, 15) is 0 Å². The lowest BCUT2D eigenvalue weighted by molar-refractivity contribution is -0.0333. The summed E-state index contributed by atoms with van der Waals surface area (Å²) in [6.45, 7) is 11.7. The standard InChI is InChI=1S/C22H43N5O2.HI/c1-3-23-21(24-18-20-8-7-11-26(20)12-15-28-2)25-19-22(9-5-4-6-10-22)27-13-16-29-17-14-27;/h20H,3-19H2,1-2H3,(H2,23,24,25);1H. The van der Waals surface area contributed by atoms with Crippen LogP contribution in [0.2, 0.25) is 0 Å². The third kappa shape index (κ3) is 7.46. The van der Waals surface area contributed by atoms with Gasteiger partial charge in [0.25, 0.3) is 0 Å². The Morgan fingerprint density at radius 2 is 1.87 bits per heavy atom. The van der Waals surface area contributed by atoms with Crippen molar-refractivity contribution in [2.45, 2.75) is 63.5 Å². The van der Waals surface area contributed by atoms with Crippen LogP contribution < -0.4 is 10.6 Å². The number of hydrogen-bond donors (Lipinski definition) is 2. The fraction of sp³-hybridized carbons (Fsp3) is 0.955. The molecule has 1 saturated carbocycles. The van der Waals surface area contributed by atoms with Gasteiger partial charge in [0.05, 0.1) is 26.4 Å². The second-order valence-corrected chi connectivity index (χ2v) is 8.79. The monoisotopic (exact) mass is 537 g/mol. The van der Waals surface area contributed by atoms with Crippen molar-refractivity contribution in [2.24, 2.45) is 4.99 Å². The molecule has 2 aliphatic heterocycles. The Balaban J connectivity index is 0.00000320. The number of nitrogens with zero attached hydrogens (tertiary/aromatic N) is 3. The fourth-order valence-electron chi connectivity index (χ4n) is 5.23. The minimum Gasteiger partial charge on any atom is -0.383 e. The van der Waals surface area contributed by atoms with Gasteiger partial charge in [-0.2, -0.15) is 0 Å². The van der Waals surface area contributed by atoms with E-state index in [0.717, 1.165) is 65.0 Å². The minimum atomic E-state index is 0. The number of halogens is 1. The van der Waals surface area contributed by atoms with Crippen molar-refractivity contribution in [3.05, 3.63) is 0 Å². The highest BCUT2D eigenvalue weighted by molar-refractivity contribution is 14.0. The Hall–Kier alpha value is -0.160. The zero-order valence-corrected chi connectivity index (χ0v) is 21.5. The molecule has 0 aromatic rings. The van der Waals surface area contributed by atoms with E-state index in [-0.39, 0.29) is 29.5 Å². The third-order valence-electron chi connectivity index (χ3n) is 6.93. The van der Waals surface area contributed by atoms with E-state index in [1.165, 1.54) is 51.5 Å². The van der Waals surface area contributed by atoms with Crippen molar-refractivity contribution >= 4 is 29.9 Å². The van der Waals surface area contributed by atoms with Crippen molar-refractivity contribution in [1.29, 1.82) is 0 Å². The van der Waals surface area contributed by atoms with Crippen molar-refractivity contribution in [3.63, 3.8) is 0 Å². The molecule has 176 valence electrons. The van der Waals surface area contributed by atoms with Crippen molar-refractivity contribution in [2.75, 3.05) is 72.7 Å². The average Bonchev–Trinajstić information content (AvgIpc) is 3.23. The number of rotatable bonds is 9. The summed E-state index contributed by atoms with van der Waals surface area (Å²) in [5.74, 6) is 0.976. The minimum absolute atomic E-state index is 0. The SMILES string of the molecule is CCNC(=NCC1(N2CCOCC2)CCCCC1)NCC1CCCN1CCOC.I. The molecular formula is C22H44IN5O2. The molecule has 2 heterocycles. The van der Waals surface area contributed by atoms with Gasteiger partial charge in [-0.15, -0.1) is 24.0 Å². The molecule has 0 spiro atoms. The normalized spacial score (nSPS) is 25.7. The van der Waals surface area contributed by atoms with Crippen LogP contribution in [0.4, 0.5) is 0 Å². The van der Waals surface area contributed by atoms with Crippen LogP contribution in [0.1, 0.15) is 51.9 Å². The predicted molar refractivity (Wildman–Crippen MR) is 134 cm³/mol. The molecule has 8 heteroatoms. The van der Waals surface area contributed by atoms with E-state index >= 15 is 0 Å². The lowest BCUT2D eigenvalue weighted by Gasteiger charge is -2.47. The lowest BCUT2D eigenvalue weighted by Crippen LogP contribution is -2.56. The van der Waals surface area contributed by atoms with Crippen molar-refractivity contribution in [1.82, 2.24) is 20.4 Å². The molecule has 0 aromatic carbocycles. The number of ether oxygens (including phenoxy) is 2. The Morgan fingerprint density at radius 3 is 2.57 bits per heavy atom. The van der Waals surface area contributed by atoms with Gasteiger partial charge in [-0.3, -0.25) is 14.8 Å². The second-order valence-electron chi connectivity index (χ2n) is 8.79. The molecule has 0 amide bonds. The van der Waals surface area contributed by atoms with Crippen LogP contribution in [-0.2, 0) is 9.47 Å². The average molecular weight is 538 g/mol. The second kappa shape index (κ2) is 14.1. The van der Waals surface area contributed by atoms with E-state index < -0.39 is 0 Å². The van der Waals surface area contributed by atoms with Crippen LogP contribution in [0.25, 0.3) is 0 Å². The number of methoxy groups -OCH3 is 1. The molecule has 30 heavy (non-hydrogen) atoms. The molecule has 0 radical (unpaired) electrons. The van der Waals surface area contributed by atoms with E-state index in [2.05, 4.69) is 27.4 Å². The number of hydrogen-bond acceptors (Lipinski definition) is 5. The van der Waals surface area contributed by atoms with Gasteiger partial charge in [0.2, 0.25) is 0 Å². The van der Waals surface area contributed by atoms with Crippen LogP contribution in [-0.4, -0.2) is 100 Å². The van der Waals surface area contributed by atoms with E-state index in [4.69, 9.17) is 14.5 Å². The van der Waals surface area contributed by atoms with Gasteiger partial charge in [0, 0.05) is 51.4 Å². The first-order chi connectivity index (χ1) is 14.3. The fourth-order valence-corrected chi connectivity index (χ4v) is 5.23. The van der Waals surface area contributed by atoms with Gasteiger partial charge < -0.3 is 20.1 Å². The maximum atomic E-state index is 5.62. The topological polar surface area (TPSA) is 61.4 Å². The Labute approximate surface area is 200 Å². The number of likely N-dealkylation sites (tertiary alicyclic amines) is 1. The summed E-state index contributed by atoms with van der Waals surface area (Å²) in [4.78, 5) is 10.3. The van der Waals surface area contributed by atoms with Crippen LogP contribution in [0.5, 0.6) is 0 Å². The van der Waals surface area contributed by atoms with Gasteiger partial charge in [-0.1, -0.05) is 19.3 Å². The maximum absolute atomic E-state index is 5.62. The van der Waals surface area contributed by atoms with Crippen LogP contribution in [0.3, 0.4) is 0 Å². The molecule has 3 aliphatic rings. The highest BCUT2D eigenvalue weighted by Gasteiger charge is 2.38. The predicted octanol–water partition coefficient (Wildman–Crippen LogP) is 2.31. The highest BCUT2D eigenvalue weighted by Crippen LogP contribution is 2.34. The molecular weight excluding hydrogens is 493 g/mol. The van der Waals surface area contributed by atoms with E-state index in [0.29, 0.717) is 6.04 Å². The van der Waals surface area contributed by atoms with Crippen LogP contribution >= 0.6 is 24.0 Å². The van der Waals surface area contributed by atoms with Gasteiger partial charge in [-0.25, -0.2) is 0 Å². The first kappa shape index (κ1) is 26.1. The molecule has 7 nitrogen and oxygen atoms in total. The number of nitrogens with one attached hydrogen (secondary N) is 2. The summed E-state index contributed by atoms with van der Waals surface area (Å²) < 4.78 is 10.9.